The van der Waals surface area contributed by atoms with Crippen LogP contribution in [0.2, 0.25) is 0 Å². The molecule has 0 bridgehead atoms. The lowest BCUT2D eigenvalue weighted by Gasteiger charge is -2.33. The van der Waals surface area contributed by atoms with Crippen molar-refractivity contribution in [1.29, 1.82) is 0 Å². The van der Waals surface area contributed by atoms with Crippen LogP contribution in [0.3, 0.4) is 0 Å². The number of alkyl halides is 3. The van der Waals surface area contributed by atoms with Gasteiger partial charge in [-0.2, -0.15) is 18.3 Å². The summed E-state index contributed by atoms with van der Waals surface area (Å²) >= 11 is 0. The first-order chi connectivity index (χ1) is 14.3. The highest BCUT2D eigenvalue weighted by Gasteiger charge is 2.38. The molecule has 1 aliphatic heterocycles. The number of piperidine rings is 1. The lowest BCUT2D eigenvalue weighted by atomic mass is 9.91. The summed E-state index contributed by atoms with van der Waals surface area (Å²) in [6.45, 7) is 4.22. The second kappa shape index (κ2) is 7.69. The Labute approximate surface area is 170 Å². The van der Waals surface area contributed by atoms with Crippen molar-refractivity contribution in [2.24, 2.45) is 0 Å². The molecule has 11 heteroatoms. The second-order valence-corrected chi connectivity index (χ2v) is 7.44. The molecule has 2 atom stereocenters. The van der Waals surface area contributed by atoms with Crippen molar-refractivity contribution in [2.45, 2.75) is 51.2 Å². The van der Waals surface area contributed by atoms with Crippen LogP contribution < -0.4 is 0 Å². The van der Waals surface area contributed by atoms with Crippen LogP contribution in [0, 0.1) is 0 Å². The van der Waals surface area contributed by atoms with Crippen LogP contribution in [0.4, 0.5) is 13.2 Å². The average Bonchev–Trinajstić information content (AvgIpc) is 3.41. The van der Waals surface area contributed by atoms with Gasteiger partial charge in [0.15, 0.2) is 0 Å². The highest BCUT2D eigenvalue weighted by atomic mass is 19.4. The van der Waals surface area contributed by atoms with Crippen molar-refractivity contribution in [2.75, 3.05) is 13.1 Å². The van der Waals surface area contributed by atoms with Gasteiger partial charge < -0.3 is 9.42 Å². The molecule has 3 aromatic rings. The molecule has 4 rings (SSSR count). The minimum Gasteiger partial charge on any atom is -0.340 e. The number of halogens is 3. The Balaban J connectivity index is 1.66. The molecule has 4 heterocycles. The van der Waals surface area contributed by atoms with Crippen molar-refractivity contribution < 1.29 is 22.5 Å². The zero-order valence-electron chi connectivity index (χ0n) is 16.6. The molecular formula is C19H21F3N6O2. The fourth-order valence-corrected chi connectivity index (χ4v) is 3.90. The van der Waals surface area contributed by atoms with Crippen molar-refractivity contribution in [3.8, 4) is 0 Å². The Bertz CT molecular complexity index is 1050. The third-order valence-corrected chi connectivity index (χ3v) is 5.50. The Morgan fingerprint density at radius 2 is 2.20 bits per heavy atom. The zero-order chi connectivity index (χ0) is 21.5. The molecule has 0 aromatic carbocycles. The predicted octanol–water partition coefficient (Wildman–Crippen LogP) is 3.36. The van der Waals surface area contributed by atoms with E-state index in [0.29, 0.717) is 31.5 Å². The minimum atomic E-state index is -4.56. The maximum atomic E-state index is 13.7. The SMILES string of the molecule is CCc1cc(C(F)(F)F)c2c([C@@H]3CCCN(C(=O)[C@H](C)n4cncn4)C3)noc2n1. The fraction of sp³-hybridized carbons (Fsp3) is 0.526. The molecule has 0 unspecified atom stereocenters. The first kappa shape index (κ1) is 20.3. The van der Waals surface area contributed by atoms with Crippen LogP contribution in [0.1, 0.15) is 55.6 Å². The first-order valence-electron chi connectivity index (χ1n) is 9.78. The number of carbonyl (C=O) groups is 1. The number of likely N-dealkylation sites (tertiary alicyclic amines) is 1. The Hall–Kier alpha value is -2.98. The molecule has 0 saturated carbocycles. The number of fused-ring (bicyclic) bond motifs is 1. The minimum absolute atomic E-state index is 0.108. The number of hydrogen-bond donors (Lipinski definition) is 0. The van der Waals surface area contributed by atoms with Gasteiger partial charge in [0.25, 0.3) is 5.71 Å². The molecule has 0 radical (unpaired) electrons. The molecule has 1 amide bonds. The Morgan fingerprint density at radius 1 is 1.40 bits per heavy atom. The van der Waals surface area contributed by atoms with E-state index in [1.807, 2.05) is 0 Å². The molecule has 0 N–H and O–H groups in total. The van der Waals surface area contributed by atoms with E-state index in [2.05, 4.69) is 20.2 Å². The lowest BCUT2D eigenvalue weighted by molar-refractivity contribution is -0.137. The van der Waals surface area contributed by atoms with Gasteiger partial charge in [-0.05, 0) is 32.3 Å². The summed E-state index contributed by atoms with van der Waals surface area (Å²) in [5.74, 6) is -0.539. The molecule has 0 aliphatic carbocycles. The topological polar surface area (TPSA) is 89.9 Å². The van der Waals surface area contributed by atoms with Gasteiger partial charge in [-0.1, -0.05) is 12.1 Å². The van der Waals surface area contributed by atoms with Gasteiger partial charge in [0, 0.05) is 24.7 Å². The van der Waals surface area contributed by atoms with Gasteiger partial charge in [-0.15, -0.1) is 0 Å². The smallest absolute Gasteiger partial charge is 0.340 e. The second-order valence-electron chi connectivity index (χ2n) is 7.44. The molecule has 3 aromatic heterocycles. The maximum absolute atomic E-state index is 13.7. The summed E-state index contributed by atoms with van der Waals surface area (Å²) < 4.78 is 47.9. The van der Waals surface area contributed by atoms with E-state index in [0.717, 1.165) is 6.07 Å². The molecule has 1 aliphatic rings. The zero-order valence-corrected chi connectivity index (χ0v) is 16.6. The third-order valence-electron chi connectivity index (χ3n) is 5.50. The van der Waals surface area contributed by atoms with Crippen LogP contribution >= 0.6 is 0 Å². The van der Waals surface area contributed by atoms with E-state index in [1.165, 1.54) is 17.3 Å². The molecule has 1 fully saturated rings. The fourth-order valence-electron chi connectivity index (χ4n) is 3.90. The largest absolute Gasteiger partial charge is 0.417 e. The van der Waals surface area contributed by atoms with Gasteiger partial charge >= 0.3 is 6.18 Å². The monoisotopic (exact) mass is 422 g/mol. The van der Waals surface area contributed by atoms with Gasteiger partial charge in [-0.25, -0.2) is 14.6 Å². The van der Waals surface area contributed by atoms with Gasteiger partial charge in [0.1, 0.15) is 18.7 Å². The van der Waals surface area contributed by atoms with Crippen LogP contribution in [0.5, 0.6) is 0 Å². The van der Waals surface area contributed by atoms with Gasteiger partial charge in [0.05, 0.1) is 16.6 Å². The van der Waals surface area contributed by atoms with Crippen molar-refractivity contribution in [3.05, 3.63) is 35.7 Å². The number of aromatic nitrogens is 5. The molecular weight excluding hydrogens is 401 g/mol. The molecule has 30 heavy (non-hydrogen) atoms. The van der Waals surface area contributed by atoms with E-state index >= 15 is 0 Å². The summed E-state index contributed by atoms with van der Waals surface area (Å²) in [5, 5.41) is 7.84. The number of pyridine rings is 1. The first-order valence-corrected chi connectivity index (χ1v) is 9.78. The van der Waals surface area contributed by atoms with Crippen LogP contribution in [0.25, 0.3) is 11.1 Å². The summed E-state index contributed by atoms with van der Waals surface area (Å²) in [6.07, 6.45) is -0.146. The predicted molar refractivity (Wildman–Crippen MR) is 99.5 cm³/mol. The third kappa shape index (κ3) is 3.63. The van der Waals surface area contributed by atoms with Crippen LogP contribution in [-0.2, 0) is 17.4 Å². The lowest BCUT2D eigenvalue weighted by Crippen LogP contribution is -2.42. The highest BCUT2D eigenvalue weighted by Crippen LogP contribution is 2.40. The quantitative estimate of drug-likeness (QED) is 0.641. The van der Waals surface area contributed by atoms with Crippen molar-refractivity contribution >= 4 is 17.0 Å². The summed E-state index contributed by atoms with van der Waals surface area (Å²) in [7, 11) is 0. The number of nitrogens with zero attached hydrogens (tertiary/aromatic N) is 6. The number of amides is 1. The number of carbonyl (C=O) groups excluding carboxylic acids is 1. The normalized spacial score (nSPS) is 18.7. The maximum Gasteiger partial charge on any atom is 0.417 e. The van der Waals surface area contributed by atoms with E-state index < -0.39 is 17.8 Å². The number of rotatable bonds is 4. The van der Waals surface area contributed by atoms with Crippen LogP contribution in [0.15, 0.2) is 23.2 Å². The van der Waals surface area contributed by atoms with Crippen LogP contribution in [-0.4, -0.2) is 48.8 Å². The number of aryl methyl sites for hydroxylation is 1. The summed E-state index contributed by atoms with van der Waals surface area (Å²) in [5.41, 5.74) is -0.408. The molecule has 1 saturated heterocycles. The van der Waals surface area contributed by atoms with E-state index in [9.17, 15) is 18.0 Å². The van der Waals surface area contributed by atoms with Crippen molar-refractivity contribution in [1.82, 2.24) is 29.8 Å². The Kier molecular flexibility index (Phi) is 5.20. The standard InChI is InChI=1S/C19H21F3N6O2/c1-3-13-7-14(19(20,21)22)15-16(26-30-17(15)25-13)12-5-4-6-27(8-12)18(29)11(2)28-10-23-9-24-28/h7,9-12H,3-6,8H2,1-2H3/t11-,12+/m0/s1. The van der Waals surface area contributed by atoms with Gasteiger partial charge in [-0.3, -0.25) is 4.79 Å². The van der Waals surface area contributed by atoms with Crippen molar-refractivity contribution in [3.63, 3.8) is 0 Å². The summed E-state index contributed by atoms with van der Waals surface area (Å²) in [4.78, 5) is 22.6. The molecule has 0 spiro atoms. The highest BCUT2D eigenvalue weighted by molar-refractivity contribution is 5.82. The Morgan fingerprint density at radius 3 is 2.87 bits per heavy atom. The van der Waals surface area contributed by atoms with Gasteiger partial charge in [0.2, 0.25) is 5.91 Å². The average molecular weight is 422 g/mol. The van der Waals surface area contributed by atoms with E-state index in [1.54, 1.807) is 18.7 Å². The molecule has 8 nitrogen and oxygen atoms in total. The van der Waals surface area contributed by atoms with E-state index in [-0.39, 0.29) is 35.2 Å². The summed E-state index contributed by atoms with van der Waals surface area (Å²) in [6, 6.07) is 0.501. The van der Waals surface area contributed by atoms with E-state index in [4.69, 9.17) is 4.52 Å². The molecule has 160 valence electrons. The number of hydrogen-bond acceptors (Lipinski definition) is 6.